The van der Waals surface area contributed by atoms with Crippen LogP contribution in [0.25, 0.3) is 0 Å². The van der Waals surface area contributed by atoms with Crippen LogP contribution in [-0.2, 0) is 6.54 Å². The largest absolute Gasteiger partial charge is 0.335 e. The molecule has 1 rings (SSSR count). The summed E-state index contributed by atoms with van der Waals surface area (Å²) < 4.78 is 12.9. The van der Waals surface area contributed by atoms with Gasteiger partial charge in [-0.05, 0) is 12.1 Å². The molecule has 0 amide bonds. The Bertz CT molecular complexity index is 299. The van der Waals surface area contributed by atoms with Crippen LogP contribution in [0.1, 0.15) is 5.56 Å². The Balaban J connectivity index is 2.40. The smallest absolute Gasteiger partial charge is 0.127 e. The van der Waals surface area contributed by atoms with Crippen LogP contribution in [0.5, 0.6) is 0 Å². The fourth-order valence-corrected chi connectivity index (χ4v) is 1.55. The Morgan fingerprint density at radius 2 is 1.87 bits per heavy atom. The average Bonchev–Trinajstić information content (AvgIpc) is 2.15. The summed E-state index contributed by atoms with van der Waals surface area (Å²) in [6.45, 7) is 3.14. The minimum atomic E-state index is -0.140. The molecule has 84 valence electrons. The normalized spacial score (nSPS) is 13.1. The first-order valence-electron chi connectivity index (χ1n) is 5.42. The molecule has 3 heteroatoms. The standard InChI is InChI=1S/C12H19FN2/c1-14(2)7-8-15(3)10-11-5-4-6-12(13)9-11/h4-6,9H,7-8,10H2,1-3H3/p+2. The Morgan fingerprint density at radius 1 is 1.13 bits per heavy atom. The van der Waals surface area contributed by atoms with Crippen LogP contribution in [0.3, 0.4) is 0 Å². The molecule has 0 aromatic heterocycles. The van der Waals surface area contributed by atoms with Gasteiger partial charge in [-0.25, -0.2) is 4.39 Å². The zero-order valence-corrected chi connectivity index (χ0v) is 9.81. The van der Waals surface area contributed by atoms with E-state index in [-0.39, 0.29) is 5.82 Å². The first kappa shape index (κ1) is 12.1. The van der Waals surface area contributed by atoms with Crippen LogP contribution in [0.4, 0.5) is 4.39 Å². The minimum absolute atomic E-state index is 0.140. The van der Waals surface area contributed by atoms with Crippen molar-refractivity contribution in [2.45, 2.75) is 6.54 Å². The van der Waals surface area contributed by atoms with Crippen LogP contribution in [0.15, 0.2) is 24.3 Å². The SMILES string of the molecule is C[NH+](C)CC[NH+](C)Cc1cccc(F)c1. The lowest BCUT2D eigenvalue weighted by Gasteiger charge is -2.15. The molecule has 1 atom stereocenters. The summed E-state index contributed by atoms with van der Waals surface area (Å²) in [5, 5.41) is 0. The number of nitrogens with one attached hydrogen (secondary N) is 2. The maximum atomic E-state index is 12.9. The van der Waals surface area contributed by atoms with E-state index < -0.39 is 0 Å². The van der Waals surface area contributed by atoms with Crippen molar-refractivity contribution in [2.75, 3.05) is 34.2 Å². The summed E-state index contributed by atoms with van der Waals surface area (Å²) >= 11 is 0. The lowest BCUT2D eigenvalue weighted by molar-refractivity contribution is -0.937. The minimum Gasteiger partial charge on any atom is -0.335 e. The monoisotopic (exact) mass is 212 g/mol. The van der Waals surface area contributed by atoms with Crippen molar-refractivity contribution >= 4 is 0 Å². The van der Waals surface area contributed by atoms with E-state index in [2.05, 4.69) is 21.1 Å². The Kier molecular flexibility index (Phi) is 4.72. The fourth-order valence-electron chi connectivity index (χ4n) is 1.55. The summed E-state index contributed by atoms with van der Waals surface area (Å²) in [5.74, 6) is -0.140. The van der Waals surface area contributed by atoms with Gasteiger partial charge in [0.25, 0.3) is 0 Å². The van der Waals surface area contributed by atoms with Gasteiger partial charge in [0.05, 0.1) is 21.1 Å². The fraction of sp³-hybridized carbons (Fsp3) is 0.500. The molecule has 0 radical (unpaired) electrons. The van der Waals surface area contributed by atoms with Crippen LogP contribution >= 0.6 is 0 Å². The summed E-state index contributed by atoms with van der Waals surface area (Å²) in [7, 11) is 6.44. The Hall–Kier alpha value is -0.930. The molecule has 2 N–H and O–H groups in total. The molecule has 2 nitrogen and oxygen atoms in total. The molecule has 0 fully saturated rings. The molecular formula is C12H21FN2+2. The van der Waals surface area contributed by atoms with Gasteiger partial charge < -0.3 is 9.80 Å². The number of quaternary nitrogens is 2. The van der Waals surface area contributed by atoms with Gasteiger partial charge in [0.1, 0.15) is 25.5 Å². The topological polar surface area (TPSA) is 8.88 Å². The second-order valence-corrected chi connectivity index (χ2v) is 4.47. The highest BCUT2D eigenvalue weighted by atomic mass is 19.1. The zero-order chi connectivity index (χ0) is 11.3. The van der Waals surface area contributed by atoms with E-state index in [4.69, 9.17) is 0 Å². The van der Waals surface area contributed by atoms with Crippen molar-refractivity contribution in [2.24, 2.45) is 0 Å². The van der Waals surface area contributed by atoms with E-state index in [0.717, 1.165) is 25.2 Å². The van der Waals surface area contributed by atoms with Crippen LogP contribution < -0.4 is 9.80 Å². The lowest BCUT2D eigenvalue weighted by Crippen LogP contribution is -3.15. The molecular weight excluding hydrogens is 191 g/mol. The van der Waals surface area contributed by atoms with Gasteiger partial charge in [-0.1, -0.05) is 12.1 Å². The van der Waals surface area contributed by atoms with Gasteiger partial charge in [-0.15, -0.1) is 0 Å². The number of rotatable bonds is 5. The molecule has 1 unspecified atom stereocenters. The third-order valence-corrected chi connectivity index (χ3v) is 2.45. The van der Waals surface area contributed by atoms with Crippen LogP contribution in [0, 0.1) is 5.82 Å². The van der Waals surface area contributed by atoms with E-state index in [1.165, 1.54) is 15.9 Å². The molecule has 1 aromatic carbocycles. The Labute approximate surface area is 91.3 Å². The van der Waals surface area contributed by atoms with E-state index >= 15 is 0 Å². The molecule has 0 bridgehead atoms. The summed E-state index contributed by atoms with van der Waals surface area (Å²) in [6.07, 6.45) is 0. The van der Waals surface area contributed by atoms with Gasteiger partial charge in [-0.3, -0.25) is 0 Å². The van der Waals surface area contributed by atoms with Gasteiger partial charge in [0, 0.05) is 5.56 Å². The summed E-state index contributed by atoms with van der Waals surface area (Å²) in [4.78, 5) is 2.87. The third-order valence-electron chi connectivity index (χ3n) is 2.45. The lowest BCUT2D eigenvalue weighted by atomic mass is 10.2. The highest BCUT2D eigenvalue weighted by Crippen LogP contribution is 2.01. The van der Waals surface area contributed by atoms with Gasteiger partial charge in [0.15, 0.2) is 0 Å². The number of likely N-dealkylation sites (N-methyl/N-ethyl adjacent to an activating group) is 2. The summed E-state index contributed by atoms with van der Waals surface area (Å²) in [5.41, 5.74) is 1.07. The van der Waals surface area contributed by atoms with E-state index in [1.54, 1.807) is 12.1 Å². The van der Waals surface area contributed by atoms with Crippen molar-refractivity contribution in [1.82, 2.24) is 0 Å². The molecule has 0 aliphatic carbocycles. The maximum absolute atomic E-state index is 12.9. The maximum Gasteiger partial charge on any atom is 0.127 e. The third kappa shape index (κ3) is 4.91. The van der Waals surface area contributed by atoms with Crippen molar-refractivity contribution in [3.63, 3.8) is 0 Å². The van der Waals surface area contributed by atoms with Crippen LogP contribution in [-0.4, -0.2) is 34.2 Å². The molecule has 0 heterocycles. The second-order valence-electron chi connectivity index (χ2n) is 4.47. The number of halogens is 1. The van der Waals surface area contributed by atoms with E-state index in [1.807, 2.05) is 6.07 Å². The predicted octanol–water partition coefficient (Wildman–Crippen LogP) is -1.02. The van der Waals surface area contributed by atoms with Crippen molar-refractivity contribution in [3.8, 4) is 0 Å². The predicted molar refractivity (Wildman–Crippen MR) is 59.5 cm³/mol. The van der Waals surface area contributed by atoms with Gasteiger partial charge in [-0.2, -0.15) is 0 Å². The summed E-state index contributed by atoms with van der Waals surface area (Å²) in [6, 6.07) is 6.86. The number of hydrogen-bond donors (Lipinski definition) is 2. The highest BCUT2D eigenvalue weighted by molar-refractivity contribution is 5.14. The van der Waals surface area contributed by atoms with Gasteiger partial charge in [0.2, 0.25) is 0 Å². The molecule has 0 saturated heterocycles. The first-order valence-corrected chi connectivity index (χ1v) is 5.42. The van der Waals surface area contributed by atoms with E-state index in [9.17, 15) is 4.39 Å². The molecule has 15 heavy (non-hydrogen) atoms. The van der Waals surface area contributed by atoms with Crippen molar-refractivity contribution in [3.05, 3.63) is 35.6 Å². The molecule has 0 aliphatic heterocycles. The average molecular weight is 212 g/mol. The van der Waals surface area contributed by atoms with Crippen molar-refractivity contribution < 1.29 is 14.2 Å². The highest BCUT2D eigenvalue weighted by Gasteiger charge is 2.06. The molecule has 0 saturated carbocycles. The molecule has 1 aromatic rings. The number of benzene rings is 1. The van der Waals surface area contributed by atoms with Crippen molar-refractivity contribution in [1.29, 1.82) is 0 Å². The second kappa shape index (κ2) is 5.83. The number of hydrogen-bond acceptors (Lipinski definition) is 0. The van der Waals surface area contributed by atoms with Gasteiger partial charge >= 0.3 is 0 Å². The quantitative estimate of drug-likeness (QED) is 0.618. The van der Waals surface area contributed by atoms with E-state index in [0.29, 0.717) is 0 Å². The molecule has 0 spiro atoms. The molecule has 0 aliphatic rings. The van der Waals surface area contributed by atoms with Crippen LogP contribution in [0.2, 0.25) is 0 Å². The Morgan fingerprint density at radius 3 is 2.47 bits per heavy atom. The zero-order valence-electron chi connectivity index (χ0n) is 9.81. The first-order chi connectivity index (χ1) is 7.08.